The number of benzene rings is 2. The Balaban J connectivity index is 1.34. The van der Waals surface area contributed by atoms with Gasteiger partial charge in [0.2, 0.25) is 11.7 Å². The van der Waals surface area contributed by atoms with Crippen LogP contribution >= 0.6 is 0 Å². The number of aromatic nitrogens is 3. The zero-order valence-corrected chi connectivity index (χ0v) is 17.8. The highest BCUT2D eigenvalue weighted by atomic mass is 16.6. The van der Waals surface area contributed by atoms with E-state index in [0.29, 0.717) is 36.2 Å². The van der Waals surface area contributed by atoms with Crippen molar-refractivity contribution >= 4 is 11.6 Å². The first-order chi connectivity index (χ1) is 16.1. The van der Waals surface area contributed by atoms with Crippen LogP contribution in [0.15, 0.2) is 70.1 Å². The molecule has 0 unspecified atom stereocenters. The Morgan fingerprint density at radius 3 is 2.67 bits per heavy atom. The standard InChI is InChI=1S/C24H20N4O5/c1-15-5-2-3-6-17(15)22-26-23(33-27-22)18-7-4-10-28(24(18)30)14-21(29)25-16-8-9-19-20(13-16)32-12-11-31-19/h2-10,13H,11-12,14H2,1H3,(H,25,29). The largest absolute Gasteiger partial charge is 0.486 e. The SMILES string of the molecule is Cc1ccccc1-c1noc(-c2cccn(CC(=O)Nc3ccc4c(c3)OCCO4)c2=O)n1. The first kappa shape index (κ1) is 20.5. The topological polar surface area (TPSA) is 108 Å². The third-order valence-corrected chi connectivity index (χ3v) is 5.20. The van der Waals surface area contributed by atoms with Crippen molar-refractivity contribution in [3.8, 4) is 34.3 Å². The number of nitrogens with zero attached hydrogens (tertiary/aromatic N) is 3. The van der Waals surface area contributed by atoms with Gasteiger partial charge in [-0.15, -0.1) is 0 Å². The van der Waals surface area contributed by atoms with Crippen molar-refractivity contribution in [3.63, 3.8) is 0 Å². The van der Waals surface area contributed by atoms with Crippen molar-refractivity contribution in [2.24, 2.45) is 0 Å². The number of hydrogen-bond acceptors (Lipinski definition) is 7. The van der Waals surface area contributed by atoms with Crippen LogP contribution in [0.1, 0.15) is 5.56 Å². The summed E-state index contributed by atoms with van der Waals surface area (Å²) in [5.74, 6) is 1.33. The van der Waals surface area contributed by atoms with E-state index in [1.165, 1.54) is 10.8 Å². The first-order valence-electron chi connectivity index (χ1n) is 10.4. The summed E-state index contributed by atoms with van der Waals surface area (Å²) in [5, 5.41) is 6.78. The van der Waals surface area contributed by atoms with Crippen molar-refractivity contribution in [1.29, 1.82) is 0 Å². The average Bonchev–Trinajstić information content (AvgIpc) is 3.30. The molecule has 2 aromatic heterocycles. The molecular formula is C24H20N4O5. The molecular weight excluding hydrogens is 424 g/mol. The van der Waals surface area contributed by atoms with Gasteiger partial charge in [0.1, 0.15) is 25.3 Å². The number of carbonyl (C=O) groups is 1. The van der Waals surface area contributed by atoms with Gasteiger partial charge in [0.15, 0.2) is 11.5 Å². The van der Waals surface area contributed by atoms with E-state index < -0.39 is 5.56 Å². The van der Waals surface area contributed by atoms with Crippen molar-refractivity contribution in [2.75, 3.05) is 18.5 Å². The fraction of sp³-hybridized carbons (Fsp3) is 0.167. The third-order valence-electron chi connectivity index (χ3n) is 5.20. The number of carbonyl (C=O) groups excluding carboxylic acids is 1. The van der Waals surface area contributed by atoms with Gasteiger partial charge in [-0.3, -0.25) is 9.59 Å². The molecule has 9 nitrogen and oxygen atoms in total. The zero-order chi connectivity index (χ0) is 22.8. The number of anilines is 1. The summed E-state index contributed by atoms with van der Waals surface area (Å²) in [4.78, 5) is 29.9. The van der Waals surface area contributed by atoms with Gasteiger partial charge < -0.3 is 23.9 Å². The lowest BCUT2D eigenvalue weighted by molar-refractivity contribution is -0.116. The number of rotatable bonds is 5. The number of hydrogen-bond donors (Lipinski definition) is 1. The molecule has 3 heterocycles. The molecule has 33 heavy (non-hydrogen) atoms. The first-order valence-corrected chi connectivity index (χ1v) is 10.4. The molecule has 0 radical (unpaired) electrons. The van der Waals surface area contributed by atoms with Gasteiger partial charge in [-0.25, -0.2) is 0 Å². The highest BCUT2D eigenvalue weighted by Crippen LogP contribution is 2.32. The van der Waals surface area contributed by atoms with Gasteiger partial charge in [-0.05, 0) is 36.8 Å². The number of aryl methyl sites for hydroxylation is 1. The molecule has 0 saturated carbocycles. The lowest BCUT2D eigenvalue weighted by Gasteiger charge is -2.19. The average molecular weight is 444 g/mol. The maximum atomic E-state index is 13.0. The Labute approximate surface area is 188 Å². The van der Waals surface area contributed by atoms with E-state index in [1.807, 2.05) is 31.2 Å². The molecule has 4 aromatic rings. The number of amides is 1. The molecule has 0 spiro atoms. The Morgan fingerprint density at radius 2 is 1.82 bits per heavy atom. The molecule has 5 rings (SSSR count). The molecule has 0 fully saturated rings. The summed E-state index contributed by atoms with van der Waals surface area (Å²) < 4.78 is 17.7. The van der Waals surface area contributed by atoms with Crippen LogP contribution < -0.4 is 20.3 Å². The lowest BCUT2D eigenvalue weighted by Crippen LogP contribution is -2.28. The lowest BCUT2D eigenvalue weighted by atomic mass is 10.1. The van der Waals surface area contributed by atoms with Crippen LogP contribution in [0.5, 0.6) is 11.5 Å². The predicted octanol–water partition coefficient (Wildman–Crippen LogP) is 3.28. The van der Waals surface area contributed by atoms with E-state index >= 15 is 0 Å². The molecule has 1 amide bonds. The molecule has 0 bridgehead atoms. The van der Waals surface area contributed by atoms with Crippen molar-refractivity contribution in [3.05, 3.63) is 76.7 Å². The molecule has 1 N–H and O–H groups in total. The van der Waals surface area contributed by atoms with E-state index in [9.17, 15) is 9.59 Å². The summed E-state index contributed by atoms with van der Waals surface area (Å²) >= 11 is 0. The smallest absolute Gasteiger partial charge is 0.263 e. The fourth-order valence-electron chi connectivity index (χ4n) is 3.57. The molecule has 166 valence electrons. The van der Waals surface area contributed by atoms with E-state index in [2.05, 4.69) is 15.5 Å². The van der Waals surface area contributed by atoms with Gasteiger partial charge in [-0.2, -0.15) is 4.98 Å². The molecule has 2 aromatic carbocycles. The minimum absolute atomic E-state index is 0.0971. The molecule has 0 saturated heterocycles. The van der Waals surface area contributed by atoms with Crippen molar-refractivity contribution in [1.82, 2.24) is 14.7 Å². The Morgan fingerprint density at radius 1 is 1.03 bits per heavy atom. The van der Waals surface area contributed by atoms with Crippen molar-refractivity contribution in [2.45, 2.75) is 13.5 Å². The fourth-order valence-corrected chi connectivity index (χ4v) is 3.57. The zero-order valence-electron chi connectivity index (χ0n) is 17.8. The number of nitrogens with one attached hydrogen (secondary N) is 1. The quantitative estimate of drug-likeness (QED) is 0.503. The second-order valence-electron chi connectivity index (χ2n) is 7.50. The highest BCUT2D eigenvalue weighted by molar-refractivity contribution is 5.91. The second kappa shape index (κ2) is 8.62. The summed E-state index contributed by atoms with van der Waals surface area (Å²) in [6, 6.07) is 16.0. The minimum Gasteiger partial charge on any atom is -0.486 e. The van der Waals surface area contributed by atoms with Crippen LogP contribution in [0.25, 0.3) is 22.8 Å². The third kappa shape index (κ3) is 4.20. The van der Waals surface area contributed by atoms with E-state index in [4.69, 9.17) is 14.0 Å². The Hall–Kier alpha value is -4.40. The van der Waals surface area contributed by atoms with E-state index in [1.54, 1.807) is 30.3 Å². The summed E-state index contributed by atoms with van der Waals surface area (Å²) in [6.45, 7) is 2.71. The summed E-state index contributed by atoms with van der Waals surface area (Å²) in [6.07, 6.45) is 1.54. The van der Waals surface area contributed by atoms with Gasteiger partial charge in [-0.1, -0.05) is 29.4 Å². The van der Waals surface area contributed by atoms with Crippen molar-refractivity contribution < 1.29 is 18.8 Å². The molecule has 0 aliphatic carbocycles. The normalized spacial score (nSPS) is 12.4. The van der Waals surface area contributed by atoms with Crippen LogP contribution in [0.3, 0.4) is 0 Å². The second-order valence-corrected chi connectivity index (χ2v) is 7.50. The monoisotopic (exact) mass is 444 g/mol. The summed E-state index contributed by atoms with van der Waals surface area (Å²) in [7, 11) is 0. The maximum absolute atomic E-state index is 13.0. The number of fused-ring (bicyclic) bond motifs is 1. The highest BCUT2D eigenvalue weighted by Gasteiger charge is 2.17. The molecule has 9 heteroatoms. The van der Waals surface area contributed by atoms with Gasteiger partial charge >= 0.3 is 0 Å². The number of ether oxygens (including phenoxy) is 2. The van der Waals surface area contributed by atoms with Crippen LogP contribution in [0.2, 0.25) is 0 Å². The summed E-state index contributed by atoms with van der Waals surface area (Å²) in [5.41, 5.74) is 2.17. The van der Waals surface area contributed by atoms with E-state index in [-0.39, 0.29) is 23.9 Å². The molecule has 1 aliphatic heterocycles. The van der Waals surface area contributed by atoms with Gasteiger partial charge in [0.25, 0.3) is 11.4 Å². The Kier molecular flexibility index (Phi) is 5.35. The minimum atomic E-state index is -0.408. The molecule has 1 aliphatic rings. The van der Waals surface area contributed by atoms with E-state index in [0.717, 1.165) is 11.1 Å². The van der Waals surface area contributed by atoms with Gasteiger partial charge in [0.05, 0.1) is 0 Å². The van der Waals surface area contributed by atoms with Crippen LogP contribution in [0, 0.1) is 6.92 Å². The van der Waals surface area contributed by atoms with Crippen LogP contribution in [0.4, 0.5) is 5.69 Å². The maximum Gasteiger partial charge on any atom is 0.263 e. The predicted molar refractivity (Wildman–Crippen MR) is 120 cm³/mol. The van der Waals surface area contributed by atoms with Crippen LogP contribution in [-0.2, 0) is 11.3 Å². The van der Waals surface area contributed by atoms with Gasteiger partial charge in [0, 0.05) is 23.5 Å². The molecule has 0 atom stereocenters. The Bertz CT molecular complexity index is 1390. The number of pyridine rings is 1. The van der Waals surface area contributed by atoms with Crippen LogP contribution in [-0.4, -0.2) is 33.8 Å².